The zero-order chi connectivity index (χ0) is 17.0. The molecule has 1 aliphatic carbocycles. The SMILES string of the molecule is C=C(C)C(=O)Oc1c(N)cc(C(=O)OC2CCCCC2)cc1N. The first-order valence-corrected chi connectivity index (χ1v) is 7.66. The number of nitrogen functional groups attached to an aromatic ring is 2. The Balaban J connectivity index is 2.13. The smallest absolute Gasteiger partial charge is 0.338 e. The van der Waals surface area contributed by atoms with Crippen molar-refractivity contribution in [1.29, 1.82) is 0 Å². The summed E-state index contributed by atoms with van der Waals surface area (Å²) in [6.45, 7) is 5.01. The summed E-state index contributed by atoms with van der Waals surface area (Å²) in [7, 11) is 0. The maximum Gasteiger partial charge on any atom is 0.338 e. The van der Waals surface area contributed by atoms with E-state index < -0.39 is 11.9 Å². The van der Waals surface area contributed by atoms with Gasteiger partial charge in [0.25, 0.3) is 0 Å². The van der Waals surface area contributed by atoms with Gasteiger partial charge in [0.1, 0.15) is 6.10 Å². The van der Waals surface area contributed by atoms with Gasteiger partial charge in [0.05, 0.1) is 16.9 Å². The van der Waals surface area contributed by atoms with Gasteiger partial charge >= 0.3 is 11.9 Å². The Labute approximate surface area is 135 Å². The van der Waals surface area contributed by atoms with E-state index in [0.717, 1.165) is 25.7 Å². The first-order chi connectivity index (χ1) is 10.9. The molecule has 0 bridgehead atoms. The van der Waals surface area contributed by atoms with E-state index in [0.29, 0.717) is 0 Å². The van der Waals surface area contributed by atoms with Crippen molar-refractivity contribution in [3.05, 3.63) is 29.8 Å². The summed E-state index contributed by atoms with van der Waals surface area (Å²) in [6, 6.07) is 2.81. The number of hydrogen-bond donors (Lipinski definition) is 2. The molecule has 6 nitrogen and oxygen atoms in total. The van der Waals surface area contributed by atoms with Gasteiger partial charge < -0.3 is 20.9 Å². The van der Waals surface area contributed by atoms with Crippen molar-refractivity contribution in [3.8, 4) is 5.75 Å². The van der Waals surface area contributed by atoms with Gasteiger partial charge in [-0.1, -0.05) is 13.0 Å². The molecule has 1 fully saturated rings. The number of nitrogens with two attached hydrogens (primary N) is 2. The van der Waals surface area contributed by atoms with Crippen LogP contribution in [0, 0.1) is 0 Å². The van der Waals surface area contributed by atoms with Crippen LogP contribution in [0.15, 0.2) is 24.3 Å². The monoisotopic (exact) mass is 318 g/mol. The second-order valence-corrected chi connectivity index (χ2v) is 5.82. The van der Waals surface area contributed by atoms with Gasteiger partial charge in [-0.15, -0.1) is 0 Å². The topological polar surface area (TPSA) is 105 Å². The van der Waals surface area contributed by atoms with E-state index in [1.54, 1.807) is 0 Å². The number of ether oxygens (including phenoxy) is 2. The Morgan fingerprint density at radius 2 is 1.70 bits per heavy atom. The molecule has 0 saturated heterocycles. The Morgan fingerprint density at radius 3 is 2.22 bits per heavy atom. The predicted molar refractivity (Wildman–Crippen MR) is 88.0 cm³/mol. The number of carbonyl (C=O) groups is 2. The lowest BCUT2D eigenvalue weighted by Crippen LogP contribution is -2.21. The molecule has 23 heavy (non-hydrogen) atoms. The molecule has 6 heteroatoms. The molecular formula is C17H22N2O4. The molecule has 0 radical (unpaired) electrons. The summed E-state index contributed by atoms with van der Waals surface area (Å²) in [6.07, 6.45) is 5.02. The van der Waals surface area contributed by atoms with Crippen molar-refractivity contribution in [2.75, 3.05) is 11.5 Å². The van der Waals surface area contributed by atoms with Gasteiger partial charge in [0, 0.05) is 5.57 Å². The maximum absolute atomic E-state index is 12.2. The van der Waals surface area contributed by atoms with Crippen LogP contribution in [0.4, 0.5) is 11.4 Å². The zero-order valence-corrected chi connectivity index (χ0v) is 13.3. The number of carbonyl (C=O) groups excluding carboxylic acids is 2. The molecule has 1 saturated carbocycles. The van der Waals surface area contributed by atoms with Crippen LogP contribution in [0.5, 0.6) is 5.75 Å². The first kappa shape index (κ1) is 16.9. The van der Waals surface area contributed by atoms with Crippen molar-refractivity contribution in [3.63, 3.8) is 0 Å². The Morgan fingerprint density at radius 1 is 1.13 bits per heavy atom. The molecule has 2 rings (SSSR count). The van der Waals surface area contributed by atoms with Crippen LogP contribution in [0.25, 0.3) is 0 Å². The van der Waals surface area contributed by atoms with Crippen molar-refractivity contribution in [2.45, 2.75) is 45.1 Å². The predicted octanol–water partition coefficient (Wildman–Crippen LogP) is 2.82. The summed E-state index contributed by atoms with van der Waals surface area (Å²) in [4.78, 5) is 23.8. The van der Waals surface area contributed by atoms with Crippen LogP contribution < -0.4 is 16.2 Å². The van der Waals surface area contributed by atoms with E-state index in [1.807, 2.05) is 0 Å². The average molecular weight is 318 g/mol. The highest BCUT2D eigenvalue weighted by Crippen LogP contribution is 2.32. The minimum absolute atomic E-state index is 0.0345. The van der Waals surface area contributed by atoms with Gasteiger partial charge in [-0.05, 0) is 44.7 Å². The molecule has 0 heterocycles. The summed E-state index contributed by atoms with van der Waals surface area (Å²) >= 11 is 0. The van der Waals surface area contributed by atoms with E-state index in [4.69, 9.17) is 20.9 Å². The van der Waals surface area contributed by atoms with Crippen LogP contribution in [0.3, 0.4) is 0 Å². The van der Waals surface area contributed by atoms with E-state index in [1.165, 1.54) is 25.5 Å². The zero-order valence-electron chi connectivity index (χ0n) is 13.3. The van der Waals surface area contributed by atoms with E-state index in [2.05, 4.69) is 6.58 Å². The lowest BCUT2D eigenvalue weighted by Gasteiger charge is -2.22. The van der Waals surface area contributed by atoms with Crippen LogP contribution in [-0.4, -0.2) is 18.0 Å². The second kappa shape index (κ2) is 7.17. The molecule has 1 aliphatic rings. The maximum atomic E-state index is 12.2. The lowest BCUT2D eigenvalue weighted by atomic mass is 9.98. The number of hydrogen-bond acceptors (Lipinski definition) is 6. The highest BCUT2D eigenvalue weighted by Gasteiger charge is 2.21. The van der Waals surface area contributed by atoms with Gasteiger partial charge in [-0.3, -0.25) is 0 Å². The first-order valence-electron chi connectivity index (χ1n) is 7.66. The highest BCUT2D eigenvalue weighted by molar-refractivity contribution is 5.95. The molecule has 0 amide bonds. The molecular weight excluding hydrogens is 296 g/mol. The fraction of sp³-hybridized carbons (Fsp3) is 0.412. The average Bonchev–Trinajstić information content (AvgIpc) is 2.51. The van der Waals surface area contributed by atoms with Gasteiger partial charge in [-0.25, -0.2) is 9.59 Å². The number of esters is 2. The van der Waals surface area contributed by atoms with Crippen LogP contribution in [-0.2, 0) is 9.53 Å². The van der Waals surface area contributed by atoms with Gasteiger partial charge in [0.2, 0.25) is 0 Å². The quantitative estimate of drug-likeness (QED) is 0.383. The molecule has 0 atom stereocenters. The molecule has 0 spiro atoms. The third-order valence-electron chi connectivity index (χ3n) is 3.75. The summed E-state index contributed by atoms with van der Waals surface area (Å²) in [5.41, 5.74) is 12.4. The molecule has 0 aliphatic heterocycles. The molecule has 1 aromatic rings. The van der Waals surface area contributed by atoms with Crippen molar-refractivity contribution in [2.24, 2.45) is 0 Å². The normalized spacial score (nSPS) is 15.0. The van der Waals surface area contributed by atoms with Crippen LogP contribution >= 0.6 is 0 Å². The molecule has 4 N–H and O–H groups in total. The van der Waals surface area contributed by atoms with Crippen molar-refractivity contribution in [1.82, 2.24) is 0 Å². The fourth-order valence-corrected chi connectivity index (χ4v) is 2.49. The van der Waals surface area contributed by atoms with Crippen LogP contribution in [0.2, 0.25) is 0 Å². The third kappa shape index (κ3) is 4.25. The Hall–Kier alpha value is -2.50. The fourth-order valence-electron chi connectivity index (χ4n) is 2.49. The minimum Gasteiger partial charge on any atom is -0.459 e. The van der Waals surface area contributed by atoms with Gasteiger partial charge in [0.15, 0.2) is 5.75 Å². The van der Waals surface area contributed by atoms with Crippen molar-refractivity contribution < 1.29 is 19.1 Å². The number of anilines is 2. The van der Waals surface area contributed by atoms with Crippen molar-refractivity contribution >= 4 is 23.3 Å². The Kier molecular flexibility index (Phi) is 5.26. The number of rotatable bonds is 4. The summed E-state index contributed by atoms with van der Waals surface area (Å²) < 4.78 is 10.6. The number of benzene rings is 1. The van der Waals surface area contributed by atoms with E-state index >= 15 is 0 Å². The second-order valence-electron chi connectivity index (χ2n) is 5.82. The summed E-state index contributed by atoms with van der Waals surface area (Å²) in [5, 5.41) is 0. The minimum atomic E-state index is -0.624. The molecule has 124 valence electrons. The highest BCUT2D eigenvalue weighted by atomic mass is 16.5. The largest absolute Gasteiger partial charge is 0.459 e. The third-order valence-corrected chi connectivity index (χ3v) is 3.75. The Bertz CT molecular complexity index is 610. The molecule has 1 aromatic carbocycles. The molecule has 0 aromatic heterocycles. The lowest BCUT2D eigenvalue weighted by molar-refractivity contribution is -0.130. The van der Waals surface area contributed by atoms with E-state index in [-0.39, 0.29) is 34.4 Å². The van der Waals surface area contributed by atoms with Gasteiger partial charge in [-0.2, -0.15) is 0 Å². The standard InChI is InChI=1S/C17H22N2O4/c1-10(2)16(20)23-15-13(18)8-11(9-14(15)19)17(21)22-12-6-4-3-5-7-12/h8-9,12H,1,3-7,18-19H2,2H3. The van der Waals surface area contributed by atoms with E-state index in [9.17, 15) is 9.59 Å². The summed E-state index contributed by atoms with van der Waals surface area (Å²) in [5.74, 6) is -1.05. The molecule has 0 unspecified atom stereocenters. The van der Waals surface area contributed by atoms with Crippen LogP contribution in [0.1, 0.15) is 49.4 Å².